The molecule has 1 aliphatic rings. The highest BCUT2D eigenvalue weighted by Gasteiger charge is 2.18. The van der Waals surface area contributed by atoms with Gasteiger partial charge in [0.2, 0.25) is 0 Å². The van der Waals surface area contributed by atoms with Crippen LogP contribution < -0.4 is 0 Å². The fraction of sp³-hybridized carbons (Fsp3) is 0.429. The molecular weight excluding hydrogens is 290 g/mol. The summed E-state index contributed by atoms with van der Waals surface area (Å²) in [6.07, 6.45) is 7.36. The molecule has 0 nitrogen and oxygen atoms in total. The molecule has 2 heteroatoms. The highest BCUT2D eigenvalue weighted by molar-refractivity contribution is 5.64. The Kier molecular flexibility index (Phi) is 5.09. The molecular formula is C21H24F2. The largest absolute Gasteiger partial charge is 0.207 e. The van der Waals surface area contributed by atoms with Crippen LogP contribution in [0.3, 0.4) is 0 Å². The smallest absolute Gasteiger partial charge is 0.131 e. The molecule has 0 spiro atoms. The van der Waals surface area contributed by atoms with Crippen molar-refractivity contribution in [1.82, 2.24) is 0 Å². The second-order valence-electron chi connectivity index (χ2n) is 6.99. The number of benzene rings is 2. The van der Waals surface area contributed by atoms with E-state index >= 15 is 0 Å². The molecule has 0 N–H and O–H groups in total. The molecule has 0 amide bonds. The molecule has 0 saturated heterocycles. The van der Waals surface area contributed by atoms with E-state index in [0.717, 1.165) is 30.2 Å². The monoisotopic (exact) mass is 314 g/mol. The van der Waals surface area contributed by atoms with Gasteiger partial charge in [-0.25, -0.2) is 8.78 Å². The lowest BCUT2D eigenvalue weighted by Crippen LogP contribution is -2.12. The normalized spacial score (nSPS) is 21.3. The van der Waals surface area contributed by atoms with Gasteiger partial charge in [-0.3, -0.25) is 0 Å². The van der Waals surface area contributed by atoms with Crippen molar-refractivity contribution in [1.29, 1.82) is 0 Å². The Morgan fingerprint density at radius 1 is 0.957 bits per heavy atom. The van der Waals surface area contributed by atoms with E-state index in [1.807, 2.05) is 6.07 Å². The predicted octanol–water partition coefficient (Wildman–Crippen LogP) is 6.39. The molecule has 2 aromatic rings. The van der Waals surface area contributed by atoms with E-state index in [9.17, 15) is 8.78 Å². The van der Waals surface area contributed by atoms with Crippen LogP contribution >= 0.6 is 0 Å². The van der Waals surface area contributed by atoms with Crippen molar-refractivity contribution < 1.29 is 8.78 Å². The molecule has 1 aliphatic carbocycles. The zero-order chi connectivity index (χ0) is 16.2. The zero-order valence-corrected chi connectivity index (χ0v) is 13.7. The van der Waals surface area contributed by atoms with Gasteiger partial charge in [0.05, 0.1) is 0 Å². The van der Waals surface area contributed by atoms with Crippen LogP contribution in [-0.4, -0.2) is 0 Å². The number of hydrogen-bond acceptors (Lipinski definition) is 0. The molecule has 0 heterocycles. The molecule has 0 atom stereocenters. The summed E-state index contributed by atoms with van der Waals surface area (Å²) in [6, 6.07) is 11.5. The van der Waals surface area contributed by atoms with Crippen LogP contribution in [0, 0.1) is 23.5 Å². The lowest BCUT2D eigenvalue weighted by Gasteiger charge is -2.26. The summed E-state index contributed by atoms with van der Waals surface area (Å²) in [5.74, 6) is 1.06. The highest BCUT2D eigenvalue weighted by atomic mass is 19.1. The van der Waals surface area contributed by atoms with Gasteiger partial charge < -0.3 is 0 Å². The van der Waals surface area contributed by atoms with Gasteiger partial charge in [-0.1, -0.05) is 56.9 Å². The third-order valence-corrected chi connectivity index (χ3v) is 5.15. The first-order valence-electron chi connectivity index (χ1n) is 8.66. The zero-order valence-electron chi connectivity index (χ0n) is 13.7. The molecule has 1 saturated carbocycles. The molecule has 0 radical (unpaired) electrons. The highest BCUT2D eigenvalue weighted by Crippen LogP contribution is 2.31. The predicted molar refractivity (Wildman–Crippen MR) is 91.2 cm³/mol. The van der Waals surface area contributed by atoms with Crippen molar-refractivity contribution in [3.63, 3.8) is 0 Å². The minimum atomic E-state index is -0.336. The van der Waals surface area contributed by atoms with Crippen molar-refractivity contribution in [3.8, 4) is 11.1 Å². The molecule has 1 fully saturated rings. The van der Waals surface area contributed by atoms with E-state index in [4.69, 9.17) is 0 Å². The third kappa shape index (κ3) is 4.19. The first kappa shape index (κ1) is 16.2. The first-order chi connectivity index (χ1) is 11.1. The number of hydrogen-bond donors (Lipinski definition) is 0. The fourth-order valence-electron chi connectivity index (χ4n) is 3.59. The Labute approximate surface area is 137 Å². The maximum Gasteiger partial charge on any atom is 0.131 e. The van der Waals surface area contributed by atoms with Crippen molar-refractivity contribution in [2.24, 2.45) is 11.8 Å². The quantitative estimate of drug-likeness (QED) is 0.613. The van der Waals surface area contributed by atoms with E-state index in [1.54, 1.807) is 24.3 Å². The summed E-state index contributed by atoms with van der Waals surface area (Å²) < 4.78 is 27.7. The van der Waals surface area contributed by atoms with Gasteiger partial charge in [0.1, 0.15) is 11.6 Å². The van der Waals surface area contributed by atoms with Crippen LogP contribution in [0.2, 0.25) is 0 Å². The summed E-state index contributed by atoms with van der Waals surface area (Å²) in [5.41, 5.74) is 2.11. The number of rotatable bonds is 4. The van der Waals surface area contributed by atoms with E-state index in [2.05, 4.69) is 6.92 Å². The van der Waals surface area contributed by atoms with Gasteiger partial charge in [0, 0.05) is 5.56 Å². The molecule has 0 unspecified atom stereocenters. The van der Waals surface area contributed by atoms with Crippen LogP contribution in [0.5, 0.6) is 0 Å². The van der Waals surface area contributed by atoms with E-state index in [1.165, 1.54) is 37.8 Å². The average molecular weight is 314 g/mol. The van der Waals surface area contributed by atoms with Gasteiger partial charge in [0.15, 0.2) is 0 Å². The van der Waals surface area contributed by atoms with Crippen molar-refractivity contribution in [2.75, 3.05) is 0 Å². The maximum absolute atomic E-state index is 14.4. The molecule has 23 heavy (non-hydrogen) atoms. The summed E-state index contributed by atoms with van der Waals surface area (Å²) in [6.45, 7) is 2.33. The minimum absolute atomic E-state index is 0.259. The lowest BCUT2D eigenvalue weighted by atomic mass is 9.80. The Hall–Kier alpha value is -1.70. The SMILES string of the molecule is CC1CCC(CCc2ccc(-c3cccc(F)c3)c(F)c2)CC1. The maximum atomic E-state index is 14.4. The molecule has 3 rings (SSSR count). The Balaban J connectivity index is 1.65. The summed E-state index contributed by atoms with van der Waals surface area (Å²) in [7, 11) is 0. The van der Waals surface area contributed by atoms with Gasteiger partial charge >= 0.3 is 0 Å². The molecule has 122 valence electrons. The van der Waals surface area contributed by atoms with E-state index in [0.29, 0.717) is 11.1 Å². The van der Waals surface area contributed by atoms with Gasteiger partial charge in [-0.2, -0.15) is 0 Å². The second-order valence-corrected chi connectivity index (χ2v) is 6.99. The summed E-state index contributed by atoms with van der Waals surface area (Å²) >= 11 is 0. The molecule has 0 aromatic heterocycles. The van der Waals surface area contributed by atoms with Crippen molar-refractivity contribution in [3.05, 3.63) is 59.7 Å². The molecule has 0 aliphatic heterocycles. The molecule has 0 bridgehead atoms. The van der Waals surface area contributed by atoms with Crippen LogP contribution in [0.4, 0.5) is 8.78 Å². The van der Waals surface area contributed by atoms with Crippen LogP contribution in [-0.2, 0) is 6.42 Å². The second kappa shape index (κ2) is 7.25. The summed E-state index contributed by atoms with van der Waals surface area (Å²) in [5, 5.41) is 0. The van der Waals surface area contributed by atoms with Crippen LogP contribution in [0.25, 0.3) is 11.1 Å². The Morgan fingerprint density at radius 3 is 2.43 bits per heavy atom. The van der Waals surface area contributed by atoms with Crippen molar-refractivity contribution >= 4 is 0 Å². The van der Waals surface area contributed by atoms with Crippen LogP contribution in [0.1, 0.15) is 44.6 Å². The van der Waals surface area contributed by atoms with E-state index in [-0.39, 0.29) is 11.6 Å². The van der Waals surface area contributed by atoms with Gasteiger partial charge in [-0.15, -0.1) is 0 Å². The van der Waals surface area contributed by atoms with Gasteiger partial charge in [0.25, 0.3) is 0 Å². The fourth-order valence-corrected chi connectivity index (χ4v) is 3.59. The standard InChI is InChI=1S/C21H24F2/c1-15-5-7-16(8-6-15)9-10-17-11-12-20(21(23)13-17)18-3-2-4-19(22)14-18/h2-4,11-16H,5-10H2,1H3. The van der Waals surface area contributed by atoms with Crippen molar-refractivity contribution in [2.45, 2.75) is 45.4 Å². The number of halogens is 2. The topological polar surface area (TPSA) is 0 Å². The summed E-state index contributed by atoms with van der Waals surface area (Å²) in [4.78, 5) is 0. The van der Waals surface area contributed by atoms with Gasteiger partial charge in [-0.05, 0) is 54.0 Å². The third-order valence-electron chi connectivity index (χ3n) is 5.15. The Bertz CT molecular complexity index is 655. The number of aryl methyl sites for hydroxylation is 1. The Morgan fingerprint density at radius 2 is 1.74 bits per heavy atom. The average Bonchev–Trinajstić information content (AvgIpc) is 2.54. The molecule has 2 aromatic carbocycles. The minimum Gasteiger partial charge on any atom is -0.207 e. The van der Waals surface area contributed by atoms with E-state index < -0.39 is 0 Å². The lowest BCUT2D eigenvalue weighted by molar-refractivity contribution is 0.277. The first-order valence-corrected chi connectivity index (χ1v) is 8.66. The van der Waals surface area contributed by atoms with Crippen LogP contribution in [0.15, 0.2) is 42.5 Å².